The number of hydrogen-bond donors (Lipinski definition) is 1. The lowest BCUT2D eigenvalue weighted by molar-refractivity contribution is -0.144. The molecule has 1 aliphatic rings. The van der Waals surface area contributed by atoms with Crippen molar-refractivity contribution in [2.45, 2.75) is 45.2 Å². The molecule has 1 unspecified atom stereocenters. The number of rotatable bonds is 5. The maximum absolute atomic E-state index is 12.2. The van der Waals surface area contributed by atoms with Gasteiger partial charge in [-0.15, -0.1) is 0 Å². The van der Waals surface area contributed by atoms with E-state index in [-0.39, 0.29) is 17.5 Å². The van der Waals surface area contributed by atoms with Crippen LogP contribution in [0.4, 0.5) is 0 Å². The van der Waals surface area contributed by atoms with Crippen molar-refractivity contribution in [3.05, 3.63) is 0 Å². The monoisotopic (exact) mass is 228 g/mol. The molecule has 0 aromatic carbocycles. The first-order chi connectivity index (χ1) is 7.53. The van der Waals surface area contributed by atoms with Crippen molar-refractivity contribution in [1.29, 1.82) is 0 Å². The van der Waals surface area contributed by atoms with E-state index in [0.29, 0.717) is 6.61 Å². The number of carbonyl (C=O) groups excluding carboxylic acids is 1. The lowest BCUT2D eigenvalue weighted by atomic mass is 9.96. The van der Waals surface area contributed by atoms with E-state index >= 15 is 0 Å². The Morgan fingerprint density at radius 1 is 1.56 bits per heavy atom. The van der Waals surface area contributed by atoms with E-state index in [0.717, 1.165) is 25.9 Å². The molecular weight excluding hydrogens is 204 g/mol. The van der Waals surface area contributed by atoms with Crippen LogP contribution in [0.1, 0.15) is 33.6 Å². The number of methoxy groups -OCH3 is 1. The first-order valence-corrected chi connectivity index (χ1v) is 6.06. The molecule has 0 aliphatic carbocycles. The predicted octanol–water partition coefficient (Wildman–Crippen LogP) is 1.01. The fraction of sp³-hybridized carbons (Fsp3) is 0.917. The Bertz CT molecular complexity index is 239. The van der Waals surface area contributed by atoms with E-state index in [1.54, 1.807) is 7.11 Å². The van der Waals surface area contributed by atoms with Gasteiger partial charge >= 0.3 is 0 Å². The Morgan fingerprint density at radius 3 is 2.81 bits per heavy atom. The van der Waals surface area contributed by atoms with Crippen molar-refractivity contribution < 1.29 is 9.53 Å². The van der Waals surface area contributed by atoms with E-state index in [1.807, 2.05) is 11.8 Å². The molecule has 1 heterocycles. The number of carbonyl (C=O) groups is 1. The summed E-state index contributed by atoms with van der Waals surface area (Å²) >= 11 is 0. The van der Waals surface area contributed by atoms with Gasteiger partial charge in [0.05, 0.1) is 18.2 Å². The SMILES string of the molecule is CCNC1CCCN(C(C)(C)COC)C1=O. The Balaban J connectivity index is 2.69. The quantitative estimate of drug-likeness (QED) is 0.763. The lowest BCUT2D eigenvalue weighted by Gasteiger charge is -2.43. The van der Waals surface area contributed by atoms with E-state index in [4.69, 9.17) is 4.74 Å². The van der Waals surface area contributed by atoms with E-state index in [2.05, 4.69) is 19.2 Å². The molecule has 0 bridgehead atoms. The molecule has 1 N–H and O–H groups in total. The van der Waals surface area contributed by atoms with Crippen molar-refractivity contribution in [1.82, 2.24) is 10.2 Å². The zero-order valence-electron chi connectivity index (χ0n) is 10.9. The van der Waals surface area contributed by atoms with Crippen LogP contribution in [0.3, 0.4) is 0 Å². The van der Waals surface area contributed by atoms with Crippen molar-refractivity contribution in [2.24, 2.45) is 0 Å². The zero-order chi connectivity index (χ0) is 12.2. The van der Waals surface area contributed by atoms with Crippen LogP contribution in [0.2, 0.25) is 0 Å². The number of nitrogens with zero attached hydrogens (tertiary/aromatic N) is 1. The third-order valence-electron chi connectivity index (χ3n) is 3.12. The van der Waals surface area contributed by atoms with Crippen molar-refractivity contribution >= 4 is 5.91 Å². The summed E-state index contributed by atoms with van der Waals surface area (Å²) in [4.78, 5) is 14.2. The van der Waals surface area contributed by atoms with Crippen LogP contribution in [0.25, 0.3) is 0 Å². The molecule has 1 fully saturated rings. The summed E-state index contributed by atoms with van der Waals surface area (Å²) in [7, 11) is 1.68. The summed E-state index contributed by atoms with van der Waals surface area (Å²) in [6.45, 7) is 8.42. The molecule has 1 atom stereocenters. The fourth-order valence-corrected chi connectivity index (χ4v) is 2.34. The van der Waals surface area contributed by atoms with Crippen LogP contribution in [0.5, 0.6) is 0 Å². The molecule has 0 aromatic heterocycles. The van der Waals surface area contributed by atoms with E-state index < -0.39 is 0 Å². The van der Waals surface area contributed by atoms with Gasteiger partial charge in [0.15, 0.2) is 0 Å². The van der Waals surface area contributed by atoms with Crippen molar-refractivity contribution in [3.63, 3.8) is 0 Å². The summed E-state index contributed by atoms with van der Waals surface area (Å²) in [5.74, 6) is 0.218. The molecule has 1 amide bonds. The minimum atomic E-state index is -0.208. The maximum atomic E-state index is 12.2. The van der Waals surface area contributed by atoms with Crippen LogP contribution in [-0.4, -0.2) is 49.2 Å². The Labute approximate surface area is 98.3 Å². The highest BCUT2D eigenvalue weighted by atomic mass is 16.5. The van der Waals surface area contributed by atoms with Gasteiger partial charge in [-0.3, -0.25) is 4.79 Å². The molecule has 0 saturated carbocycles. The molecule has 1 rings (SSSR count). The molecule has 0 aromatic rings. The number of likely N-dealkylation sites (N-methyl/N-ethyl adjacent to an activating group) is 1. The first kappa shape index (κ1) is 13.5. The highest BCUT2D eigenvalue weighted by Crippen LogP contribution is 2.22. The zero-order valence-corrected chi connectivity index (χ0v) is 10.9. The van der Waals surface area contributed by atoms with Gasteiger partial charge in [0.2, 0.25) is 5.91 Å². The average molecular weight is 228 g/mol. The number of piperidine rings is 1. The molecule has 0 spiro atoms. The Kier molecular flexibility index (Phi) is 4.74. The third kappa shape index (κ3) is 2.95. The van der Waals surface area contributed by atoms with Gasteiger partial charge in [-0.1, -0.05) is 6.92 Å². The van der Waals surface area contributed by atoms with Gasteiger partial charge in [-0.2, -0.15) is 0 Å². The fourth-order valence-electron chi connectivity index (χ4n) is 2.34. The number of ether oxygens (including phenoxy) is 1. The molecule has 4 nitrogen and oxygen atoms in total. The molecule has 1 saturated heterocycles. The van der Waals surface area contributed by atoms with Crippen LogP contribution in [0.15, 0.2) is 0 Å². The summed E-state index contributed by atoms with van der Waals surface area (Å²) in [6, 6.07) is -0.00474. The lowest BCUT2D eigenvalue weighted by Crippen LogP contribution is -2.59. The second kappa shape index (κ2) is 5.64. The van der Waals surface area contributed by atoms with Gasteiger partial charge in [-0.25, -0.2) is 0 Å². The standard InChI is InChI=1S/C12H24N2O2/c1-5-13-10-7-6-8-14(11(10)15)12(2,3)9-16-4/h10,13H,5-9H2,1-4H3. The minimum Gasteiger partial charge on any atom is -0.382 e. The minimum absolute atomic E-state index is 0.00474. The molecule has 0 radical (unpaired) electrons. The molecule has 4 heteroatoms. The van der Waals surface area contributed by atoms with Crippen LogP contribution in [0, 0.1) is 0 Å². The molecule has 1 aliphatic heterocycles. The average Bonchev–Trinajstić information content (AvgIpc) is 2.21. The normalized spacial score (nSPS) is 22.6. The third-order valence-corrected chi connectivity index (χ3v) is 3.12. The first-order valence-electron chi connectivity index (χ1n) is 6.06. The second-order valence-electron chi connectivity index (χ2n) is 4.99. The summed E-state index contributed by atoms with van der Waals surface area (Å²) in [5, 5.41) is 3.25. The second-order valence-corrected chi connectivity index (χ2v) is 4.99. The highest BCUT2D eigenvalue weighted by molar-refractivity contribution is 5.83. The van der Waals surface area contributed by atoms with Crippen molar-refractivity contribution in [2.75, 3.05) is 26.8 Å². The summed E-state index contributed by atoms with van der Waals surface area (Å²) in [6.07, 6.45) is 2.02. The van der Waals surface area contributed by atoms with E-state index in [9.17, 15) is 4.79 Å². The van der Waals surface area contributed by atoms with Gasteiger partial charge in [0.1, 0.15) is 0 Å². The molecule has 94 valence electrons. The maximum Gasteiger partial charge on any atom is 0.240 e. The smallest absolute Gasteiger partial charge is 0.240 e. The van der Waals surface area contributed by atoms with Gasteiger partial charge < -0.3 is 15.0 Å². The number of likely N-dealkylation sites (tertiary alicyclic amines) is 1. The summed E-state index contributed by atoms with van der Waals surface area (Å²) in [5.41, 5.74) is -0.208. The Hall–Kier alpha value is -0.610. The topological polar surface area (TPSA) is 41.6 Å². The molecular formula is C12H24N2O2. The highest BCUT2D eigenvalue weighted by Gasteiger charge is 2.36. The predicted molar refractivity (Wildman–Crippen MR) is 64.4 cm³/mol. The number of nitrogens with one attached hydrogen (secondary N) is 1. The van der Waals surface area contributed by atoms with Gasteiger partial charge in [-0.05, 0) is 33.2 Å². The summed E-state index contributed by atoms with van der Waals surface area (Å²) < 4.78 is 5.19. The largest absolute Gasteiger partial charge is 0.382 e. The van der Waals surface area contributed by atoms with Gasteiger partial charge in [0, 0.05) is 13.7 Å². The van der Waals surface area contributed by atoms with Crippen LogP contribution < -0.4 is 5.32 Å². The van der Waals surface area contributed by atoms with Crippen LogP contribution >= 0.6 is 0 Å². The van der Waals surface area contributed by atoms with Crippen molar-refractivity contribution in [3.8, 4) is 0 Å². The van der Waals surface area contributed by atoms with Crippen LogP contribution in [-0.2, 0) is 9.53 Å². The number of hydrogen-bond acceptors (Lipinski definition) is 3. The Morgan fingerprint density at radius 2 is 2.25 bits per heavy atom. The van der Waals surface area contributed by atoms with Gasteiger partial charge in [0.25, 0.3) is 0 Å². The van der Waals surface area contributed by atoms with E-state index in [1.165, 1.54) is 0 Å². The molecule has 16 heavy (non-hydrogen) atoms. The number of amides is 1.